The van der Waals surface area contributed by atoms with Gasteiger partial charge < -0.3 is 5.11 Å². The summed E-state index contributed by atoms with van der Waals surface area (Å²) >= 11 is 0. The standard InChI is InChI=1S/C14H12FNO3S/c1-9-3-2-4-11(16-9)8-20(19)13-7-10(14(17)18)5-6-12(13)15/h2-7H,8H2,1H3,(H,17,18). The molecule has 1 aromatic heterocycles. The van der Waals surface area contributed by atoms with Gasteiger partial charge in [-0.15, -0.1) is 0 Å². The van der Waals surface area contributed by atoms with Crippen LogP contribution in [0.3, 0.4) is 0 Å². The van der Waals surface area contributed by atoms with E-state index >= 15 is 0 Å². The van der Waals surface area contributed by atoms with E-state index in [2.05, 4.69) is 4.98 Å². The number of rotatable bonds is 4. The summed E-state index contributed by atoms with van der Waals surface area (Å²) in [6.45, 7) is 1.80. The van der Waals surface area contributed by atoms with Crippen LogP contribution in [0.25, 0.3) is 0 Å². The van der Waals surface area contributed by atoms with E-state index in [0.29, 0.717) is 5.69 Å². The van der Waals surface area contributed by atoms with Crippen LogP contribution >= 0.6 is 0 Å². The minimum Gasteiger partial charge on any atom is -0.478 e. The summed E-state index contributed by atoms with van der Waals surface area (Å²) in [6, 6.07) is 8.54. The fourth-order valence-electron chi connectivity index (χ4n) is 1.70. The van der Waals surface area contributed by atoms with Gasteiger partial charge in [-0.25, -0.2) is 9.18 Å². The topological polar surface area (TPSA) is 67.3 Å². The summed E-state index contributed by atoms with van der Waals surface area (Å²) in [4.78, 5) is 14.9. The van der Waals surface area contributed by atoms with Crippen LogP contribution in [-0.4, -0.2) is 20.3 Å². The van der Waals surface area contributed by atoms with E-state index in [-0.39, 0.29) is 16.2 Å². The predicted molar refractivity (Wildman–Crippen MR) is 72.4 cm³/mol. The summed E-state index contributed by atoms with van der Waals surface area (Å²) < 4.78 is 25.8. The minimum atomic E-state index is -1.68. The van der Waals surface area contributed by atoms with E-state index in [4.69, 9.17) is 5.11 Å². The normalized spacial score (nSPS) is 12.1. The molecule has 0 spiro atoms. The Kier molecular flexibility index (Phi) is 4.24. The number of nitrogens with zero attached hydrogens (tertiary/aromatic N) is 1. The van der Waals surface area contributed by atoms with Gasteiger partial charge in [0.15, 0.2) is 0 Å². The second kappa shape index (κ2) is 5.92. The number of benzene rings is 1. The maximum Gasteiger partial charge on any atom is 0.335 e. The fourth-order valence-corrected chi connectivity index (χ4v) is 2.83. The van der Waals surface area contributed by atoms with Gasteiger partial charge >= 0.3 is 5.97 Å². The van der Waals surface area contributed by atoms with Gasteiger partial charge in [-0.2, -0.15) is 0 Å². The number of carbonyl (C=O) groups is 1. The van der Waals surface area contributed by atoms with Gasteiger partial charge in [-0.3, -0.25) is 9.19 Å². The van der Waals surface area contributed by atoms with Crippen LogP contribution in [0.1, 0.15) is 21.7 Å². The molecule has 0 radical (unpaired) electrons. The third kappa shape index (κ3) is 3.27. The molecule has 0 saturated heterocycles. The quantitative estimate of drug-likeness (QED) is 0.940. The second-order valence-electron chi connectivity index (χ2n) is 4.21. The van der Waals surface area contributed by atoms with Crippen LogP contribution in [0.5, 0.6) is 0 Å². The van der Waals surface area contributed by atoms with Crippen molar-refractivity contribution in [2.24, 2.45) is 0 Å². The predicted octanol–water partition coefficient (Wildman–Crippen LogP) is 2.54. The van der Waals surface area contributed by atoms with Crippen molar-refractivity contribution in [1.29, 1.82) is 0 Å². The Balaban J connectivity index is 2.29. The highest BCUT2D eigenvalue weighted by atomic mass is 32.2. The molecule has 2 rings (SSSR count). The molecule has 0 aliphatic carbocycles. The number of aryl methyl sites for hydroxylation is 1. The Morgan fingerprint density at radius 3 is 2.75 bits per heavy atom. The zero-order valence-corrected chi connectivity index (χ0v) is 11.5. The van der Waals surface area contributed by atoms with Gasteiger partial charge in [0, 0.05) is 5.69 Å². The molecule has 4 nitrogen and oxygen atoms in total. The third-order valence-corrected chi connectivity index (χ3v) is 4.01. The molecule has 1 unspecified atom stereocenters. The lowest BCUT2D eigenvalue weighted by molar-refractivity contribution is 0.0696. The van der Waals surface area contributed by atoms with Crippen LogP contribution in [0.15, 0.2) is 41.3 Å². The lowest BCUT2D eigenvalue weighted by Gasteiger charge is -2.05. The van der Waals surface area contributed by atoms with Crippen molar-refractivity contribution >= 4 is 16.8 Å². The molecular weight excluding hydrogens is 281 g/mol. The number of pyridine rings is 1. The van der Waals surface area contributed by atoms with E-state index in [1.54, 1.807) is 25.1 Å². The first-order chi connectivity index (χ1) is 9.47. The zero-order valence-electron chi connectivity index (χ0n) is 10.7. The van der Waals surface area contributed by atoms with E-state index < -0.39 is 22.6 Å². The van der Waals surface area contributed by atoms with E-state index in [9.17, 15) is 13.4 Å². The highest BCUT2D eigenvalue weighted by molar-refractivity contribution is 7.84. The highest BCUT2D eigenvalue weighted by Gasteiger charge is 2.14. The molecule has 6 heteroatoms. The molecule has 0 aliphatic rings. The van der Waals surface area contributed by atoms with Crippen LogP contribution in [0, 0.1) is 12.7 Å². The molecule has 20 heavy (non-hydrogen) atoms. The first kappa shape index (κ1) is 14.3. The van der Waals surface area contributed by atoms with E-state index in [1.165, 1.54) is 0 Å². The van der Waals surface area contributed by atoms with E-state index in [1.807, 2.05) is 0 Å². The van der Waals surface area contributed by atoms with Crippen molar-refractivity contribution in [3.05, 3.63) is 59.2 Å². The number of aromatic nitrogens is 1. The summed E-state index contributed by atoms with van der Waals surface area (Å²) in [7, 11) is -1.68. The first-order valence-corrected chi connectivity index (χ1v) is 7.13. The second-order valence-corrected chi connectivity index (χ2v) is 5.63. The third-order valence-electron chi connectivity index (χ3n) is 2.65. The van der Waals surface area contributed by atoms with Crippen molar-refractivity contribution in [1.82, 2.24) is 4.98 Å². The summed E-state index contributed by atoms with van der Waals surface area (Å²) in [5.41, 5.74) is 1.26. The summed E-state index contributed by atoms with van der Waals surface area (Å²) in [6.07, 6.45) is 0. The Labute approximate surface area is 117 Å². The lowest BCUT2D eigenvalue weighted by Crippen LogP contribution is -2.04. The maximum absolute atomic E-state index is 13.7. The van der Waals surface area contributed by atoms with Crippen molar-refractivity contribution in [2.75, 3.05) is 0 Å². The fraction of sp³-hybridized carbons (Fsp3) is 0.143. The smallest absolute Gasteiger partial charge is 0.335 e. The number of carboxylic acids is 1. The Morgan fingerprint density at radius 2 is 2.10 bits per heavy atom. The molecule has 1 N–H and O–H groups in total. The number of carboxylic acid groups (broad SMARTS) is 1. The van der Waals surface area contributed by atoms with Gasteiger partial charge in [-0.05, 0) is 37.3 Å². The van der Waals surface area contributed by atoms with Crippen molar-refractivity contribution < 1.29 is 18.5 Å². The largest absolute Gasteiger partial charge is 0.478 e. The summed E-state index contributed by atoms with van der Waals surface area (Å²) in [5.74, 6) is -1.82. The number of hydrogen-bond acceptors (Lipinski definition) is 3. The Hall–Kier alpha value is -2.08. The SMILES string of the molecule is Cc1cccc(CS(=O)c2cc(C(=O)O)ccc2F)n1. The van der Waals surface area contributed by atoms with Crippen molar-refractivity contribution in [2.45, 2.75) is 17.6 Å². The van der Waals surface area contributed by atoms with Gasteiger partial charge in [-0.1, -0.05) is 6.07 Å². The molecule has 1 atom stereocenters. The van der Waals surface area contributed by atoms with Crippen LogP contribution in [-0.2, 0) is 16.6 Å². The zero-order chi connectivity index (χ0) is 14.7. The van der Waals surface area contributed by atoms with Crippen LogP contribution < -0.4 is 0 Å². The molecule has 2 aromatic rings. The average Bonchev–Trinajstić information content (AvgIpc) is 2.38. The number of halogens is 1. The molecule has 0 amide bonds. The highest BCUT2D eigenvalue weighted by Crippen LogP contribution is 2.17. The molecule has 0 fully saturated rings. The van der Waals surface area contributed by atoms with E-state index in [0.717, 1.165) is 23.9 Å². The Bertz CT molecular complexity index is 688. The molecular formula is C14H12FNO3S. The molecule has 0 saturated carbocycles. The number of hydrogen-bond donors (Lipinski definition) is 1. The number of aromatic carboxylic acids is 1. The monoisotopic (exact) mass is 293 g/mol. The molecule has 0 aliphatic heterocycles. The van der Waals surface area contributed by atoms with Crippen molar-refractivity contribution in [3.8, 4) is 0 Å². The van der Waals surface area contributed by atoms with Gasteiger partial charge in [0.2, 0.25) is 0 Å². The first-order valence-electron chi connectivity index (χ1n) is 5.81. The van der Waals surface area contributed by atoms with Crippen LogP contribution in [0.4, 0.5) is 4.39 Å². The molecule has 0 bridgehead atoms. The van der Waals surface area contributed by atoms with Gasteiger partial charge in [0.05, 0.1) is 32.7 Å². The van der Waals surface area contributed by atoms with Crippen molar-refractivity contribution in [3.63, 3.8) is 0 Å². The molecule has 104 valence electrons. The summed E-state index contributed by atoms with van der Waals surface area (Å²) in [5, 5.41) is 8.87. The van der Waals surface area contributed by atoms with Gasteiger partial charge in [0.1, 0.15) is 5.82 Å². The molecule has 1 heterocycles. The van der Waals surface area contributed by atoms with Gasteiger partial charge in [0.25, 0.3) is 0 Å². The lowest BCUT2D eigenvalue weighted by atomic mass is 10.2. The maximum atomic E-state index is 13.7. The Morgan fingerprint density at radius 1 is 1.35 bits per heavy atom. The van der Waals surface area contributed by atoms with Crippen LogP contribution in [0.2, 0.25) is 0 Å². The minimum absolute atomic E-state index is 0.0433. The average molecular weight is 293 g/mol. The molecule has 1 aromatic carbocycles.